The summed E-state index contributed by atoms with van der Waals surface area (Å²) in [6.07, 6.45) is 1.48. The lowest BCUT2D eigenvalue weighted by molar-refractivity contribution is 0.0471. The molecule has 9 heteroatoms. The van der Waals surface area contributed by atoms with E-state index in [0.717, 1.165) is 0 Å². The Hall–Kier alpha value is -2.32. The van der Waals surface area contributed by atoms with Gasteiger partial charge in [-0.05, 0) is 19.1 Å². The normalized spacial score (nSPS) is 10.8. The summed E-state index contributed by atoms with van der Waals surface area (Å²) < 4.78 is 6.31. The average molecular weight is 337 g/mol. The van der Waals surface area contributed by atoms with Crippen LogP contribution in [0.3, 0.4) is 0 Å². The fourth-order valence-corrected chi connectivity index (χ4v) is 2.82. The molecule has 0 saturated carbocycles. The molecule has 0 atom stereocenters. The first-order valence-corrected chi connectivity index (χ1v) is 7.38. The van der Waals surface area contributed by atoms with Crippen LogP contribution in [0.2, 0.25) is 5.15 Å². The van der Waals surface area contributed by atoms with Crippen molar-refractivity contribution in [3.8, 4) is 0 Å². The fourth-order valence-electron chi connectivity index (χ4n) is 1.76. The van der Waals surface area contributed by atoms with Crippen molar-refractivity contribution in [3.05, 3.63) is 56.2 Å². The number of carbonyl (C=O) groups excluding carboxylic acids is 1. The fraction of sp³-hybridized carbons (Fsp3) is 0.154. The molecule has 112 valence electrons. The van der Waals surface area contributed by atoms with Gasteiger partial charge in [0.25, 0.3) is 5.56 Å². The van der Waals surface area contributed by atoms with Crippen molar-refractivity contribution in [2.45, 2.75) is 13.5 Å². The predicted octanol–water partition coefficient (Wildman–Crippen LogP) is 1.86. The summed E-state index contributed by atoms with van der Waals surface area (Å²) in [5, 5.41) is 4.61. The summed E-state index contributed by atoms with van der Waals surface area (Å²) in [5.41, 5.74) is 0.516. The predicted molar refractivity (Wildman–Crippen MR) is 80.2 cm³/mol. The van der Waals surface area contributed by atoms with Crippen LogP contribution in [-0.2, 0) is 11.3 Å². The number of esters is 1. The van der Waals surface area contributed by atoms with Crippen molar-refractivity contribution in [1.29, 1.82) is 0 Å². The molecule has 0 saturated heterocycles. The molecule has 0 unspecified atom stereocenters. The van der Waals surface area contributed by atoms with Gasteiger partial charge in [0.1, 0.15) is 11.8 Å². The largest absolute Gasteiger partial charge is 0.455 e. The van der Waals surface area contributed by atoms with E-state index in [2.05, 4.69) is 15.1 Å². The third-order valence-electron chi connectivity index (χ3n) is 2.72. The maximum Gasteiger partial charge on any atom is 0.341 e. The number of aromatic nitrogens is 4. The number of carbonyl (C=O) groups is 1. The van der Waals surface area contributed by atoms with Crippen LogP contribution in [0.1, 0.15) is 21.1 Å². The second kappa shape index (κ2) is 5.82. The Morgan fingerprint density at radius 1 is 1.50 bits per heavy atom. The number of pyridine rings is 1. The van der Waals surface area contributed by atoms with Gasteiger partial charge in [0.05, 0.1) is 5.56 Å². The highest BCUT2D eigenvalue weighted by molar-refractivity contribution is 7.16. The Kier molecular flexibility index (Phi) is 3.86. The number of fused-ring (bicyclic) bond motifs is 1. The van der Waals surface area contributed by atoms with E-state index in [1.807, 2.05) is 0 Å². The molecule has 3 aromatic rings. The van der Waals surface area contributed by atoms with Crippen molar-refractivity contribution in [1.82, 2.24) is 19.6 Å². The van der Waals surface area contributed by atoms with Gasteiger partial charge in [0, 0.05) is 18.0 Å². The summed E-state index contributed by atoms with van der Waals surface area (Å²) in [6, 6.07) is 4.50. The maximum atomic E-state index is 11.9. The minimum Gasteiger partial charge on any atom is -0.455 e. The number of rotatable bonds is 3. The van der Waals surface area contributed by atoms with Crippen molar-refractivity contribution < 1.29 is 9.53 Å². The van der Waals surface area contributed by atoms with Gasteiger partial charge in [-0.3, -0.25) is 4.79 Å². The summed E-state index contributed by atoms with van der Waals surface area (Å²) in [7, 11) is 0. The second-order valence-electron chi connectivity index (χ2n) is 4.34. The van der Waals surface area contributed by atoms with E-state index in [-0.39, 0.29) is 22.9 Å². The average Bonchev–Trinajstić information content (AvgIpc) is 2.88. The first-order chi connectivity index (χ1) is 10.5. The number of hydrogen-bond donors (Lipinski definition) is 0. The summed E-state index contributed by atoms with van der Waals surface area (Å²) in [5.74, 6) is -0.603. The van der Waals surface area contributed by atoms with Gasteiger partial charge in [-0.15, -0.1) is 0 Å². The smallest absolute Gasteiger partial charge is 0.341 e. The molecule has 3 aromatic heterocycles. The summed E-state index contributed by atoms with van der Waals surface area (Å²) >= 11 is 7.00. The zero-order chi connectivity index (χ0) is 15.7. The highest BCUT2D eigenvalue weighted by Gasteiger charge is 2.14. The van der Waals surface area contributed by atoms with Gasteiger partial charge in [-0.1, -0.05) is 22.9 Å². The van der Waals surface area contributed by atoms with Crippen LogP contribution >= 0.6 is 22.9 Å². The molecule has 7 nitrogen and oxygen atoms in total. The lowest BCUT2D eigenvalue weighted by Crippen LogP contribution is -2.14. The SMILES string of the molecule is Cc1cc(=O)n2nc(COC(=O)c3cccnc3Cl)sc2n1. The van der Waals surface area contributed by atoms with Crippen LogP contribution < -0.4 is 5.56 Å². The Morgan fingerprint density at radius 3 is 3.09 bits per heavy atom. The van der Waals surface area contributed by atoms with Gasteiger partial charge < -0.3 is 4.74 Å². The van der Waals surface area contributed by atoms with E-state index in [1.165, 1.54) is 34.2 Å². The first kappa shape index (κ1) is 14.6. The number of hydrogen-bond acceptors (Lipinski definition) is 7. The van der Waals surface area contributed by atoms with Crippen LogP contribution in [0.4, 0.5) is 0 Å². The minimum absolute atomic E-state index is 0.0728. The van der Waals surface area contributed by atoms with Gasteiger partial charge >= 0.3 is 5.97 Å². The quantitative estimate of drug-likeness (QED) is 0.536. The zero-order valence-corrected chi connectivity index (χ0v) is 12.9. The van der Waals surface area contributed by atoms with E-state index in [4.69, 9.17) is 16.3 Å². The molecular weight excluding hydrogens is 328 g/mol. The second-order valence-corrected chi connectivity index (χ2v) is 5.74. The van der Waals surface area contributed by atoms with Crippen molar-refractivity contribution in [2.24, 2.45) is 0 Å². The lowest BCUT2D eigenvalue weighted by Gasteiger charge is -2.02. The van der Waals surface area contributed by atoms with E-state index in [9.17, 15) is 9.59 Å². The van der Waals surface area contributed by atoms with Gasteiger partial charge in [-0.2, -0.15) is 9.61 Å². The van der Waals surface area contributed by atoms with Crippen molar-refractivity contribution >= 4 is 33.9 Å². The van der Waals surface area contributed by atoms with Crippen LogP contribution in [0, 0.1) is 6.92 Å². The molecule has 0 radical (unpaired) electrons. The van der Waals surface area contributed by atoms with Gasteiger partial charge in [0.15, 0.2) is 5.01 Å². The highest BCUT2D eigenvalue weighted by Crippen LogP contribution is 2.16. The summed E-state index contributed by atoms with van der Waals surface area (Å²) in [6.45, 7) is 1.65. The van der Waals surface area contributed by atoms with E-state index in [1.54, 1.807) is 13.0 Å². The van der Waals surface area contributed by atoms with E-state index in [0.29, 0.717) is 15.7 Å². The third kappa shape index (κ3) is 2.83. The van der Waals surface area contributed by atoms with E-state index < -0.39 is 5.97 Å². The van der Waals surface area contributed by atoms with Crippen LogP contribution in [0.15, 0.2) is 29.2 Å². The Balaban J connectivity index is 1.80. The molecular formula is C13H9ClN4O3S. The van der Waals surface area contributed by atoms with Crippen LogP contribution in [0.25, 0.3) is 4.96 Å². The maximum absolute atomic E-state index is 11.9. The molecule has 0 aliphatic rings. The lowest BCUT2D eigenvalue weighted by atomic mass is 10.3. The Bertz CT molecular complexity index is 921. The van der Waals surface area contributed by atoms with Crippen LogP contribution in [0.5, 0.6) is 0 Å². The molecule has 0 aromatic carbocycles. The first-order valence-electron chi connectivity index (χ1n) is 6.18. The topological polar surface area (TPSA) is 86.5 Å². The molecule has 0 spiro atoms. The molecule has 0 fully saturated rings. The number of ether oxygens (including phenoxy) is 1. The van der Waals surface area contributed by atoms with E-state index >= 15 is 0 Å². The molecule has 0 amide bonds. The monoisotopic (exact) mass is 336 g/mol. The number of halogens is 1. The molecule has 0 aliphatic heterocycles. The molecule has 3 heterocycles. The van der Waals surface area contributed by atoms with Crippen molar-refractivity contribution in [3.63, 3.8) is 0 Å². The van der Waals surface area contributed by atoms with Gasteiger partial charge in [-0.25, -0.2) is 14.8 Å². The molecule has 22 heavy (non-hydrogen) atoms. The Morgan fingerprint density at radius 2 is 2.32 bits per heavy atom. The third-order valence-corrected chi connectivity index (χ3v) is 3.90. The summed E-state index contributed by atoms with van der Waals surface area (Å²) in [4.78, 5) is 32.1. The van der Waals surface area contributed by atoms with Gasteiger partial charge in [0.2, 0.25) is 4.96 Å². The van der Waals surface area contributed by atoms with Crippen LogP contribution in [-0.4, -0.2) is 25.6 Å². The molecule has 0 bridgehead atoms. The number of nitrogens with zero attached hydrogens (tertiary/aromatic N) is 4. The molecule has 0 N–H and O–H groups in total. The number of aryl methyl sites for hydroxylation is 1. The molecule has 0 aliphatic carbocycles. The standard InChI is InChI=1S/C13H9ClN4O3S/c1-7-5-10(19)18-13(16-7)22-9(17-18)6-21-12(20)8-3-2-4-15-11(8)14/h2-5H,6H2,1H3. The molecule has 3 rings (SSSR count). The Labute approximate surface area is 133 Å². The van der Waals surface area contributed by atoms with Crippen molar-refractivity contribution in [2.75, 3.05) is 0 Å². The zero-order valence-electron chi connectivity index (χ0n) is 11.3. The highest BCUT2D eigenvalue weighted by atomic mass is 35.5. The minimum atomic E-state index is -0.603.